The van der Waals surface area contributed by atoms with Crippen LogP contribution in [0, 0.1) is 6.92 Å². The van der Waals surface area contributed by atoms with Crippen molar-refractivity contribution in [3.8, 4) is 0 Å². The third-order valence-electron chi connectivity index (χ3n) is 4.09. The first kappa shape index (κ1) is 15.5. The third kappa shape index (κ3) is 3.82. The first-order valence-corrected chi connectivity index (χ1v) is 7.20. The molecule has 1 saturated heterocycles. The van der Waals surface area contributed by atoms with E-state index in [9.17, 15) is 14.7 Å². The van der Waals surface area contributed by atoms with E-state index in [-0.39, 0.29) is 18.7 Å². The van der Waals surface area contributed by atoms with Crippen LogP contribution >= 0.6 is 0 Å². The zero-order valence-corrected chi connectivity index (χ0v) is 12.2. The number of aliphatic hydroxyl groups is 1. The molecule has 2 N–H and O–H groups in total. The van der Waals surface area contributed by atoms with Gasteiger partial charge in [0.1, 0.15) is 0 Å². The number of aryl methyl sites for hydroxylation is 2. The van der Waals surface area contributed by atoms with Crippen LogP contribution in [0.1, 0.15) is 30.4 Å². The van der Waals surface area contributed by atoms with Gasteiger partial charge in [-0.25, -0.2) is 4.79 Å². The topological polar surface area (TPSA) is 77.8 Å². The van der Waals surface area contributed by atoms with Crippen molar-refractivity contribution in [3.63, 3.8) is 0 Å². The number of piperidine rings is 1. The summed E-state index contributed by atoms with van der Waals surface area (Å²) in [6.45, 7) is 2.62. The molecule has 0 atom stereocenters. The monoisotopic (exact) mass is 291 g/mol. The van der Waals surface area contributed by atoms with Crippen LogP contribution in [-0.2, 0) is 16.0 Å². The molecule has 0 spiro atoms. The van der Waals surface area contributed by atoms with E-state index in [0.717, 1.165) is 5.56 Å². The van der Waals surface area contributed by atoms with Gasteiger partial charge in [0.25, 0.3) is 0 Å². The Morgan fingerprint density at radius 3 is 2.29 bits per heavy atom. The molecule has 0 radical (unpaired) electrons. The molecule has 114 valence electrons. The molecule has 5 nitrogen and oxygen atoms in total. The second-order valence-electron chi connectivity index (χ2n) is 5.70. The van der Waals surface area contributed by atoms with Crippen LogP contribution in [0.2, 0.25) is 0 Å². The summed E-state index contributed by atoms with van der Waals surface area (Å²) in [6, 6.07) is 8.07. The lowest BCUT2D eigenvalue weighted by atomic mass is 9.91. The van der Waals surface area contributed by atoms with E-state index in [1.54, 1.807) is 4.90 Å². The summed E-state index contributed by atoms with van der Waals surface area (Å²) in [5, 5.41) is 18.8. The minimum atomic E-state index is -1.67. The Morgan fingerprint density at radius 2 is 1.76 bits per heavy atom. The highest BCUT2D eigenvalue weighted by Gasteiger charge is 2.40. The summed E-state index contributed by atoms with van der Waals surface area (Å²) in [5.74, 6) is -1.18. The van der Waals surface area contributed by atoms with E-state index >= 15 is 0 Å². The van der Waals surface area contributed by atoms with Gasteiger partial charge in [0.15, 0.2) is 5.60 Å². The largest absolute Gasteiger partial charge is 0.479 e. The van der Waals surface area contributed by atoms with Crippen molar-refractivity contribution in [1.82, 2.24) is 4.90 Å². The number of hydrogen-bond acceptors (Lipinski definition) is 3. The van der Waals surface area contributed by atoms with Crippen LogP contribution in [0.15, 0.2) is 24.3 Å². The van der Waals surface area contributed by atoms with Crippen LogP contribution in [0.25, 0.3) is 0 Å². The summed E-state index contributed by atoms with van der Waals surface area (Å²) in [7, 11) is 0. The predicted octanol–water partition coefficient (Wildman–Crippen LogP) is 1.37. The van der Waals surface area contributed by atoms with E-state index in [0.29, 0.717) is 25.9 Å². The van der Waals surface area contributed by atoms with Gasteiger partial charge in [0, 0.05) is 32.4 Å². The fourth-order valence-corrected chi connectivity index (χ4v) is 2.50. The fourth-order valence-electron chi connectivity index (χ4n) is 2.50. The Bertz CT molecular complexity index is 516. The second-order valence-corrected chi connectivity index (χ2v) is 5.70. The molecule has 0 bridgehead atoms. The maximum Gasteiger partial charge on any atom is 0.335 e. The Morgan fingerprint density at radius 1 is 1.19 bits per heavy atom. The number of benzene rings is 1. The SMILES string of the molecule is Cc1ccc(CCC(=O)N2CCC(O)(C(=O)O)CC2)cc1. The molecule has 1 amide bonds. The molecule has 1 aliphatic heterocycles. The number of hydrogen-bond donors (Lipinski definition) is 2. The highest BCUT2D eigenvalue weighted by atomic mass is 16.4. The summed E-state index contributed by atoms with van der Waals surface area (Å²) >= 11 is 0. The van der Waals surface area contributed by atoms with E-state index in [2.05, 4.69) is 0 Å². The highest BCUT2D eigenvalue weighted by molar-refractivity contribution is 5.79. The molecule has 1 aliphatic rings. The average molecular weight is 291 g/mol. The van der Waals surface area contributed by atoms with Crippen molar-refractivity contribution in [2.24, 2.45) is 0 Å². The molecule has 1 aromatic rings. The summed E-state index contributed by atoms with van der Waals surface area (Å²) in [4.78, 5) is 24.7. The van der Waals surface area contributed by atoms with Crippen molar-refractivity contribution in [1.29, 1.82) is 0 Å². The molecule has 0 unspecified atom stereocenters. The lowest BCUT2D eigenvalue weighted by Gasteiger charge is -2.35. The minimum Gasteiger partial charge on any atom is -0.479 e. The van der Waals surface area contributed by atoms with Crippen LogP contribution in [0.4, 0.5) is 0 Å². The van der Waals surface area contributed by atoms with Crippen molar-refractivity contribution < 1.29 is 19.8 Å². The number of amides is 1. The smallest absolute Gasteiger partial charge is 0.335 e. The molecule has 1 heterocycles. The van der Waals surface area contributed by atoms with E-state index in [1.807, 2.05) is 31.2 Å². The van der Waals surface area contributed by atoms with Gasteiger partial charge in [0.2, 0.25) is 5.91 Å². The van der Waals surface area contributed by atoms with Crippen molar-refractivity contribution in [3.05, 3.63) is 35.4 Å². The van der Waals surface area contributed by atoms with Crippen LogP contribution in [0.5, 0.6) is 0 Å². The number of likely N-dealkylation sites (tertiary alicyclic amines) is 1. The van der Waals surface area contributed by atoms with Crippen LogP contribution in [-0.4, -0.2) is 45.7 Å². The maximum atomic E-state index is 12.1. The fraction of sp³-hybridized carbons (Fsp3) is 0.500. The standard InChI is InChI=1S/C16H21NO4/c1-12-2-4-13(5-3-12)6-7-14(18)17-10-8-16(21,9-11-17)15(19)20/h2-5,21H,6-11H2,1H3,(H,19,20). The molecular formula is C16H21NO4. The third-order valence-corrected chi connectivity index (χ3v) is 4.09. The molecule has 0 aromatic heterocycles. The minimum absolute atomic E-state index is 0.0167. The van der Waals surface area contributed by atoms with Crippen LogP contribution < -0.4 is 0 Å². The lowest BCUT2D eigenvalue weighted by molar-refractivity contribution is -0.165. The average Bonchev–Trinajstić information content (AvgIpc) is 2.47. The van der Waals surface area contributed by atoms with Gasteiger partial charge in [-0.15, -0.1) is 0 Å². The molecule has 21 heavy (non-hydrogen) atoms. The number of carbonyl (C=O) groups is 2. The number of aliphatic carboxylic acids is 1. The second kappa shape index (κ2) is 6.26. The van der Waals surface area contributed by atoms with Crippen molar-refractivity contribution in [2.75, 3.05) is 13.1 Å². The predicted molar refractivity (Wildman–Crippen MR) is 77.9 cm³/mol. The number of rotatable bonds is 4. The normalized spacial score (nSPS) is 17.5. The van der Waals surface area contributed by atoms with Gasteiger partial charge in [-0.3, -0.25) is 4.79 Å². The molecular weight excluding hydrogens is 270 g/mol. The van der Waals surface area contributed by atoms with Crippen molar-refractivity contribution in [2.45, 2.75) is 38.2 Å². The zero-order chi connectivity index (χ0) is 15.5. The Balaban J connectivity index is 1.82. The molecule has 5 heteroatoms. The molecule has 0 saturated carbocycles. The highest BCUT2D eigenvalue weighted by Crippen LogP contribution is 2.23. The summed E-state index contributed by atoms with van der Waals surface area (Å²) < 4.78 is 0. The van der Waals surface area contributed by atoms with E-state index in [1.165, 1.54) is 5.56 Å². The molecule has 2 rings (SSSR count). The number of nitrogens with zero attached hydrogens (tertiary/aromatic N) is 1. The summed E-state index contributed by atoms with van der Waals surface area (Å²) in [5.41, 5.74) is 0.635. The van der Waals surface area contributed by atoms with Gasteiger partial charge in [0.05, 0.1) is 0 Å². The van der Waals surface area contributed by atoms with Crippen molar-refractivity contribution >= 4 is 11.9 Å². The van der Waals surface area contributed by atoms with Gasteiger partial charge in [-0.05, 0) is 18.9 Å². The first-order valence-electron chi connectivity index (χ1n) is 7.20. The van der Waals surface area contributed by atoms with Crippen LogP contribution in [0.3, 0.4) is 0 Å². The zero-order valence-electron chi connectivity index (χ0n) is 12.2. The van der Waals surface area contributed by atoms with Gasteiger partial charge in [-0.1, -0.05) is 29.8 Å². The maximum absolute atomic E-state index is 12.1. The Kier molecular flexibility index (Phi) is 4.63. The summed E-state index contributed by atoms with van der Waals surface area (Å²) in [6.07, 6.45) is 1.28. The number of carboxylic acid groups (broad SMARTS) is 1. The van der Waals surface area contributed by atoms with Gasteiger partial charge in [-0.2, -0.15) is 0 Å². The molecule has 0 aliphatic carbocycles. The quantitative estimate of drug-likeness (QED) is 0.878. The molecule has 1 fully saturated rings. The lowest BCUT2D eigenvalue weighted by Crippen LogP contribution is -2.50. The van der Waals surface area contributed by atoms with Gasteiger partial charge < -0.3 is 15.1 Å². The van der Waals surface area contributed by atoms with Gasteiger partial charge >= 0.3 is 5.97 Å². The Hall–Kier alpha value is -1.88. The van der Waals surface area contributed by atoms with E-state index < -0.39 is 11.6 Å². The molecule has 1 aromatic carbocycles. The van der Waals surface area contributed by atoms with E-state index in [4.69, 9.17) is 5.11 Å². The number of carbonyl (C=O) groups excluding carboxylic acids is 1. The Labute approximate surface area is 124 Å². The first-order chi connectivity index (χ1) is 9.90. The number of carboxylic acids is 1.